The van der Waals surface area contributed by atoms with Crippen LogP contribution in [0.3, 0.4) is 0 Å². The van der Waals surface area contributed by atoms with Crippen LogP contribution in [0.2, 0.25) is 0 Å². The van der Waals surface area contributed by atoms with Crippen molar-refractivity contribution in [3.8, 4) is 0 Å². The summed E-state index contributed by atoms with van der Waals surface area (Å²) < 4.78 is 84.3. The second-order valence-electron chi connectivity index (χ2n) is 13.4. The van der Waals surface area contributed by atoms with Crippen LogP contribution in [0, 0.1) is 18.8 Å². The number of benzene rings is 1. The van der Waals surface area contributed by atoms with E-state index < -0.39 is 29.0 Å². The van der Waals surface area contributed by atoms with Crippen LogP contribution in [-0.2, 0) is 45.1 Å². The molecule has 2 aliphatic carbocycles. The van der Waals surface area contributed by atoms with Crippen LogP contribution in [0.4, 0.5) is 32.3 Å². The van der Waals surface area contributed by atoms with Gasteiger partial charge in [0.05, 0.1) is 41.3 Å². The standard InChI is InChI=1S/C31H37F6N9/c1-18-25-12-22(26(38-27(25)43(4)40-18)29(2,3)46(15-19-6-7-19)16-20-8-9-20)17-45(28-39-42-44(5)41-28)14-21-10-23(30(32,33)34)13-24(11-21)31(35,36)37/h10-13,19-20H,6-9,14-17H2,1-5H3/p+1. The van der Waals surface area contributed by atoms with Gasteiger partial charge < -0.3 is 4.90 Å². The summed E-state index contributed by atoms with van der Waals surface area (Å²) in [4.78, 5) is 10.4. The van der Waals surface area contributed by atoms with E-state index in [9.17, 15) is 26.3 Å². The van der Waals surface area contributed by atoms with E-state index in [2.05, 4.69) is 39.3 Å². The number of alkyl halides is 6. The molecule has 15 heteroatoms. The number of nitrogens with zero attached hydrogens (tertiary/aromatic N) is 8. The van der Waals surface area contributed by atoms with Gasteiger partial charge in [0, 0.05) is 25.2 Å². The normalized spacial score (nSPS) is 16.2. The Morgan fingerprint density at radius 2 is 1.50 bits per heavy atom. The fourth-order valence-corrected chi connectivity index (χ4v) is 6.13. The van der Waals surface area contributed by atoms with Gasteiger partial charge in [-0.05, 0) is 98.3 Å². The molecule has 0 amide bonds. The van der Waals surface area contributed by atoms with Crippen LogP contribution in [0.1, 0.15) is 73.2 Å². The fraction of sp³-hybridized carbons (Fsp3) is 0.581. The van der Waals surface area contributed by atoms with Crippen molar-refractivity contribution in [2.75, 3.05) is 18.0 Å². The summed E-state index contributed by atoms with van der Waals surface area (Å²) in [6.45, 7) is 7.81. The van der Waals surface area contributed by atoms with Gasteiger partial charge in [-0.2, -0.15) is 35.8 Å². The number of aromatic nitrogens is 7. The van der Waals surface area contributed by atoms with E-state index in [1.165, 1.54) is 30.5 Å². The molecule has 248 valence electrons. The van der Waals surface area contributed by atoms with Gasteiger partial charge in [-0.3, -0.25) is 4.90 Å². The smallest absolute Gasteiger partial charge is 0.329 e. The SMILES string of the molecule is Cc1[nH][n+](C)c2nc(C(C)(C)N(CC3CC3)CC3CC3)c(CN(Cc3cc(C(F)(F)F)cc(C(F)(F)F)c3)c3nnn(C)n3)cc12. The Morgan fingerprint density at radius 1 is 0.913 bits per heavy atom. The predicted octanol–water partition coefficient (Wildman–Crippen LogP) is 5.82. The molecule has 0 saturated heterocycles. The number of pyridine rings is 1. The second kappa shape index (κ2) is 11.5. The minimum absolute atomic E-state index is 0.0695. The van der Waals surface area contributed by atoms with Gasteiger partial charge >= 0.3 is 18.0 Å². The first-order valence-electron chi connectivity index (χ1n) is 15.4. The topological polar surface area (TPSA) is 82.6 Å². The second-order valence-corrected chi connectivity index (χ2v) is 13.4. The molecule has 3 heterocycles. The molecule has 0 atom stereocenters. The average molecular weight is 651 g/mol. The summed E-state index contributed by atoms with van der Waals surface area (Å²) in [5.74, 6) is 1.32. The van der Waals surface area contributed by atoms with Gasteiger partial charge in [-0.15, -0.1) is 5.10 Å². The summed E-state index contributed by atoms with van der Waals surface area (Å²) in [5, 5.41) is 16.4. The zero-order chi connectivity index (χ0) is 33.2. The van der Waals surface area contributed by atoms with E-state index in [0.717, 1.165) is 53.2 Å². The molecule has 46 heavy (non-hydrogen) atoms. The van der Waals surface area contributed by atoms with Crippen molar-refractivity contribution >= 4 is 17.0 Å². The van der Waals surface area contributed by atoms with Gasteiger partial charge in [0.25, 0.3) is 5.95 Å². The molecule has 2 aliphatic rings. The lowest BCUT2D eigenvalue weighted by molar-refractivity contribution is -0.705. The minimum Gasteiger partial charge on any atom is -0.329 e. The van der Waals surface area contributed by atoms with Crippen LogP contribution in [0.5, 0.6) is 0 Å². The number of H-pyrrole nitrogens is 1. The summed E-state index contributed by atoms with van der Waals surface area (Å²) in [7, 11) is 3.42. The van der Waals surface area contributed by atoms with Crippen LogP contribution >= 0.6 is 0 Å². The lowest BCUT2D eigenvalue weighted by Gasteiger charge is -2.38. The van der Waals surface area contributed by atoms with Crippen molar-refractivity contribution in [1.29, 1.82) is 0 Å². The number of rotatable bonds is 11. The van der Waals surface area contributed by atoms with Crippen LogP contribution in [-0.4, -0.2) is 48.3 Å². The first-order chi connectivity index (χ1) is 21.5. The molecule has 4 aromatic rings. The number of hydrogen-bond donors (Lipinski definition) is 1. The molecular formula is C31H38F6N9+. The zero-order valence-electron chi connectivity index (χ0n) is 26.5. The number of aryl methyl sites for hydroxylation is 3. The van der Waals surface area contributed by atoms with Crippen molar-refractivity contribution in [2.24, 2.45) is 25.9 Å². The highest BCUT2D eigenvalue weighted by molar-refractivity contribution is 5.76. The van der Waals surface area contributed by atoms with E-state index in [4.69, 9.17) is 4.98 Å². The maximum Gasteiger partial charge on any atom is 0.416 e. The molecule has 2 fully saturated rings. The molecule has 0 spiro atoms. The summed E-state index contributed by atoms with van der Waals surface area (Å²) in [6, 6.07) is 3.63. The summed E-state index contributed by atoms with van der Waals surface area (Å²) in [5.41, 5.74) is -0.288. The molecule has 0 bridgehead atoms. The third-order valence-corrected chi connectivity index (χ3v) is 9.02. The number of halogens is 6. The largest absolute Gasteiger partial charge is 0.416 e. The average Bonchev–Trinajstić information content (AvgIpc) is 3.89. The Kier molecular flexibility index (Phi) is 8.05. The van der Waals surface area contributed by atoms with Gasteiger partial charge in [-0.1, -0.05) is 5.10 Å². The molecule has 0 aliphatic heterocycles. The first kappa shape index (κ1) is 32.2. The third-order valence-electron chi connectivity index (χ3n) is 9.02. The maximum absolute atomic E-state index is 13.7. The van der Waals surface area contributed by atoms with Crippen molar-refractivity contribution in [3.05, 3.63) is 57.9 Å². The predicted molar refractivity (Wildman–Crippen MR) is 157 cm³/mol. The molecule has 0 unspecified atom stereocenters. The van der Waals surface area contributed by atoms with Crippen molar-refractivity contribution in [1.82, 2.24) is 35.2 Å². The van der Waals surface area contributed by atoms with Crippen LogP contribution < -0.4 is 9.58 Å². The van der Waals surface area contributed by atoms with E-state index >= 15 is 0 Å². The van der Waals surface area contributed by atoms with Crippen LogP contribution in [0.25, 0.3) is 11.0 Å². The molecule has 3 aromatic heterocycles. The summed E-state index contributed by atoms with van der Waals surface area (Å²) >= 11 is 0. The first-order valence-corrected chi connectivity index (χ1v) is 15.4. The van der Waals surface area contributed by atoms with Gasteiger partial charge in [0.15, 0.2) is 5.69 Å². The van der Waals surface area contributed by atoms with Crippen molar-refractivity contribution in [2.45, 2.75) is 77.4 Å². The van der Waals surface area contributed by atoms with E-state index in [0.29, 0.717) is 11.8 Å². The molecule has 9 nitrogen and oxygen atoms in total. The fourth-order valence-electron chi connectivity index (χ4n) is 6.13. The Hall–Kier alpha value is -3.75. The number of tetrazole rings is 1. The molecule has 1 N–H and O–H groups in total. The quantitative estimate of drug-likeness (QED) is 0.163. The minimum atomic E-state index is -4.97. The highest BCUT2D eigenvalue weighted by Crippen LogP contribution is 2.41. The Morgan fingerprint density at radius 3 is 2.00 bits per heavy atom. The summed E-state index contributed by atoms with van der Waals surface area (Å²) in [6.07, 6.45) is -5.19. The highest BCUT2D eigenvalue weighted by Gasteiger charge is 2.42. The Labute approximate surface area is 262 Å². The Bertz CT molecular complexity index is 1680. The Balaban J connectivity index is 1.46. The lowest BCUT2D eigenvalue weighted by Crippen LogP contribution is -2.46. The van der Waals surface area contributed by atoms with Crippen LogP contribution in [0.15, 0.2) is 24.3 Å². The van der Waals surface area contributed by atoms with Gasteiger partial charge in [0.1, 0.15) is 7.05 Å². The van der Waals surface area contributed by atoms with Gasteiger partial charge in [0.2, 0.25) is 0 Å². The number of hydrogen-bond acceptors (Lipinski definition) is 6. The van der Waals surface area contributed by atoms with E-state index in [-0.39, 0.29) is 30.7 Å². The molecule has 6 rings (SSSR count). The van der Waals surface area contributed by atoms with E-state index in [1.807, 2.05) is 24.7 Å². The lowest BCUT2D eigenvalue weighted by atomic mass is 9.91. The molecule has 2 saturated carbocycles. The molecule has 0 radical (unpaired) electrons. The van der Waals surface area contributed by atoms with Crippen molar-refractivity contribution in [3.63, 3.8) is 0 Å². The van der Waals surface area contributed by atoms with Gasteiger partial charge in [-0.25, -0.2) is 5.10 Å². The third kappa shape index (κ3) is 6.83. The number of nitrogens with one attached hydrogen (secondary N) is 1. The zero-order valence-corrected chi connectivity index (χ0v) is 26.5. The monoisotopic (exact) mass is 650 g/mol. The highest BCUT2D eigenvalue weighted by atomic mass is 19.4. The van der Waals surface area contributed by atoms with Crippen molar-refractivity contribution < 1.29 is 31.0 Å². The number of fused-ring (bicyclic) bond motifs is 1. The number of anilines is 1. The molecule has 1 aromatic carbocycles. The van der Waals surface area contributed by atoms with E-state index in [1.54, 1.807) is 11.9 Å². The molecular weight excluding hydrogens is 612 g/mol. The maximum atomic E-state index is 13.7. The number of aromatic amines is 1.